The van der Waals surface area contributed by atoms with Crippen molar-refractivity contribution in [3.05, 3.63) is 23.5 Å². The highest BCUT2D eigenvalue weighted by Gasteiger charge is 2.32. The van der Waals surface area contributed by atoms with Crippen LogP contribution in [0.15, 0.2) is 12.1 Å². The Morgan fingerprint density at radius 1 is 1.07 bits per heavy atom. The Morgan fingerprint density at radius 2 is 1.77 bits per heavy atom. The average molecular weight is 420 g/mol. The van der Waals surface area contributed by atoms with E-state index in [4.69, 9.17) is 4.74 Å². The molecule has 1 N–H and O–H groups in total. The molecule has 8 nitrogen and oxygen atoms in total. The van der Waals surface area contributed by atoms with Crippen molar-refractivity contribution in [1.82, 2.24) is 20.2 Å². The third kappa shape index (κ3) is 4.52. The zero-order valence-electron chi connectivity index (χ0n) is 17.7. The Labute approximate surface area is 176 Å². The number of halogens is 1. The van der Waals surface area contributed by atoms with Gasteiger partial charge in [0.25, 0.3) is 5.91 Å². The van der Waals surface area contributed by atoms with Crippen LogP contribution >= 0.6 is 0 Å². The van der Waals surface area contributed by atoms with Gasteiger partial charge in [-0.05, 0) is 31.5 Å². The molecule has 2 fully saturated rings. The van der Waals surface area contributed by atoms with Crippen LogP contribution < -0.4 is 15.1 Å². The number of benzene rings is 1. The Hall–Kier alpha value is -2.39. The lowest BCUT2D eigenvalue weighted by molar-refractivity contribution is -0.136. The van der Waals surface area contributed by atoms with E-state index in [1.54, 1.807) is 11.8 Å². The van der Waals surface area contributed by atoms with E-state index in [-0.39, 0.29) is 17.6 Å². The van der Waals surface area contributed by atoms with Gasteiger partial charge in [-0.2, -0.15) is 0 Å². The second-order valence-electron chi connectivity index (χ2n) is 8.32. The first-order chi connectivity index (χ1) is 14.4. The van der Waals surface area contributed by atoms with Crippen molar-refractivity contribution in [3.63, 3.8) is 0 Å². The predicted octanol–water partition coefficient (Wildman–Crippen LogP) is 0.466. The van der Waals surface area contributed by atoms with Crippen LogP contribution in [-0.2, 0) is 16.0 Å². The summed E-state index contributed by atoms with van der Waals surface area (Å²) in [4.78, 5) is 30.5. The van der Waals surface area contributed by atoms with Gasteiger partial charge in [0.2, 0.25) is 5.91 Å². The van der Waals surface area contributed by atoms with Gasteiger partial charge in [-0.1, -0.05) is 0 Å². The number of fused-ring (bicyclic) bond motifs is 1. The fourth-order valence-electron chi connectivity index (χ4n) is 4.27. The van der Waals surface area contributed by atoms with Crippen LogP contribution in [0, 0.1) is 5.82 Å². The van der Waals surface area contributed by atoms with E-state index in [9.17, 15) is 14.0 Å². The monoisotopic (exact) mass is 419 g/mol. The molecule has 164 valence electrons. The van der Waals surface area contributed by atoms with Gasteiger partial charge in [0, 0.05) is 65.3 Å². The number of nitrogens with one attached hydrogen (secondary N) is 1. The quantitative estimate of drug-likeness (QED) is 0.768. The van der Waals surface area contributed by atoms with E-state index in [1.807, 2.05) is 5.01 Å². The zero-order valence-corrected chi connectivity index (χ0v) is 17.7. The van der Waals surface area contributed by atoms with Gasteiger partial charge in [-0.15, -0.1) is 0 Å². The molecule has 9 heteroatoms. The van der Waals surface area contributed by atoms with E-state index in [0.29, 0.717) is 44.8 Å². The van der Waals surface area contributed by atoms with Crippen LogP contribution in [0.1, 0.15) is 18.9 Å². The fraction of sp³-hybridized carbons (Fsp3) is 0.619. The Morgan fingerprint density at radius 3 is 2.43 bits per heavy atom. The summed E-state index contributed by atoms with van der Waals surface area (Å²) in [6, 6.07) is 3.04. The molecule has 0 saturated carbocycles. The number of hydrazine groups is 1. The lowest BCUT2D eigenvalue weighted by Crippen LogP contribution is -2.57. The number of hydrogen-bond donors (Lipinski definition) is 1. The van der Waals surface area contributed by atoms with Gasteiger partial charge < -0.3 is 19.4 Å². The van der Waals surface area contributed by atoms with Gasteiger partial charge in [0.05, 0.1) is 5.69 Å². The van der Waals surface area contributed by atoms with E-state index in [0.717, 1.165) is 37.4 Å². The first-order valence-corrected chi connectivity index (χ1v) is 10.6. The third-order valence-electron chi connectivity index (χ3n) is 6.18. The third-order valence-corrected chi connectivity index (χ3v) is 6.18. The molecular formula is C21H30FN5O3. The van der Waals surface area contributed by atoms with Crippen molar-refractivity contribution in [3.8, 4) is 5.75 Å². The second kappa shape index (κ2) is 8.77. The number of likely N-dealkylation sites (N-methyl/N-ethyl adjacent to an activating group) is 1. The molecule has 4 rings (SSSR count). The Balaban J connectivity index is 1.42. The number of hydrogen-bond acceptors (Lipinski definition) is 6. The molecule has 0 radical (unpaired) electrons. The Bertz CT molecular complexity index is 804. The van der Waals surface area contributed by atoms with Crippen molar-refractivity contribution in [2.24, 2.45) is 0 Å². The Kier molecular flexibility index (Phi) is 6.10. The number of piperazine rings is 2. The summed E-state index contributed by atoms with van der Waals surface area (Å²) in [6.07, 6.45) is 0.502. The highest BCUT2D eigenvalue weighted by Crippen LogP contribution is 2.38. The van der Waals surface area contributed by atoms with Crippen molar-refractivity contribution in [2.75, 3.05) is 64.3 Å². The topological polar surface area (TPSA) is 68.4 Å². The average Bonchev–Trinajstić information content (AvgIpc) is 2.73. The number of anilines is 1. The normalized spacial score (nSPS) is 23.0. The molecule has 1 aromatic carbocycles. The molecule has 0 spiro atoms. The molecule has 2 amide bonds. The summed E-state index contributed by atoms with van der Waals surface area (Å²) in [7, 11) is 2.07. The molecule has 1 aromatic rings. The maximum absolute atomic E-state index is 14.2. The van der Waals surface area contributed by atoms with E-state index in [2.05, 4.69) is 22.3 Å². The van der Waals surface area contributed by atoms with Crippen molar-refractivity contribution in [1.29, 1.82) is 0 Å². The summed E-state index contributed by atoms with van der Waals surface area (Å²) < 4.78 is 20.4. The summed E-state index contributed by atoms with van der Waals surface area (Å²) in [5.41, 5.74) is 4.50. The minimum Gasteiger partial charge on any atom is -0.478 e. The summed E-state index contributed by atoms with van der Waals surface area (Å²) >= 11 is 0. The number of aryl methyl sites for hydroxylation is 1. The molecule has 0 aliphatic carbocycles. The van der Waals surface area contributed by atoms with E-state index in [1.165, 1.54) is 12.1 Å². The van der Waals surface area contributed by atoms with Gasteiger partial charge in [0.1, 0.15) is 11.6 Å². The maximum atomic E-state index is 14.2. The number of ether oxygens (including phenoxy) is 1. The predicted molar refractivity (Wildman–Crippen MR) is 111 cm³/mol. The maximum Gasteiger partial charge on any atom is 0.275 e. The molecule has 1 atom stereocenters. The number of nitrogens with zero attached hydrogens (tertiary/aromatic N) is 4. The smallest absolute Gasteiger partial charge is 0.275 e. The minimum atomic E-state index is -0.611. The van der Waals surface area contributed by atoms with Crippen LogP contribution in [0.5, 0.6) is 5.75 Å². The molecule has 30 heavy (non-hydrogen) atoms. The van der Waals surface area contributed by atoms with Gasteiger partial charge in [-0.25, -0.2) is 9.40 Å². The molecule has 2 saturated heterocycles. The highest BCUT2D eigenvalue weighted by atomic mass is 19.1. The molecule has 3 heterocycles. The van der Waals surface area contributed by atoms with Crippen LogP contribution in [0.2, 0.25) is 0 Å². The molecule has 0 bridgehead atoms. The number of carbonyl (C=O) groups is 2. The summed E-state index contributed by atoms with van der Waals surface area (Å²) in [5.74, 6) is 0.230. The standard InChI is InChI=1S/C21H30FN5O3/c1-15(28)25-9-11-27(12-10-25)23-21(29)19-4-3-16-13-17(22)14-18(20(16)30-19)26-7-5-24(2)6-8-26/h13-14,19H,3-12H2,1-2H3,(H,23,29). The fourth-order valence-corrected chi connectivity index (χ4v) is 4.27. The van der Waals surface area contributed by atoms with Crippen molar-refractivity contribution in [2.45, 2.75) is 25.9 Å². The second-order valence-corrected chi connectivity index (χ2v) is 8.32. The summed E-state index contributed by atoms with van der Waals surface area (Å²) in [5, 5.41) is 1.84. The van der Waals surface area contributed by atoms with Crippen LogP contribution in [0.3, 0.4) is 0 Å². The molecule has 3 aliphatic rings. The number of carbonyl (C=O) groups excluding carboxylic acids is 2. The van der Waals surface area contributed by atoms with Gasteiger partial charge in [0.15, 0.2) is 6.10 Å². The van der Waals surface area contributed by atoms with Gasteiger partial charge in [-0.3, -0.25) is 15.0 Å². The number of rotatable bonds is 3. The van der Waals surface area contributed by atoms with Crippen LogP contribution in [0.4, 0.5) is 10.1 Å². The highest BCUT2D eigenvalue weighted by molar-refractivity contribution is 5.81. The lowest BCUT2D eigenvalue weighted by atomic mass is 10.00. The molecular weight excluding hydrogens is 389 g/mol. The first kappa shape index (κ1) is 20.9. The molecule has 1 unspecified atom stereocenters. The minimum absolute atomic E-state index is 0.0527. The SMILES string of the molecule is CC(=O)N1CCN(NC(=O)C2CCc3cc(F)cc(N4CCN(C)CC4)c3O2)CC1. The van der Waals surface area contributed by atoms with Crippen molar-refractivity contribution < 1.29 is 18.7 Å². The molecule has 0 aromatic heterocycles. The largest absolute Gasteiger partial charge is 0.478 e. The van der Waals surface area contributed by atoms with Crippen LogP contribution in [-0.4, -0.2) is 92.1 Å². The summed E-state index contributed by atoms with van der Waals surface area (Å²) in [6.45, 7) is 7.33. The van der Waals surface area contributed by atoms with E-state index < -0.39 is 6.10 Å². The van der Waals surface area contributed by atoms with Crippen LogP contribution in [0.25, 0.3) is 0 Å². The lowest BCUT2D eigenvalue weighted by Gasteiger charge is -2.38. The zero-order chi connectivity index (χ0) is 21.3. The van der Waals surface area contributed by atoms with Gasteiger partial charge >= 0.3 is 0 Å². The van der Waals surface area contributed by atoms with E-state index >= 15 is 0 Å². The number of amides is 2. The molecule has 3 aliphatic heterocycles. The van der Waals surface area contributed by atoms with Crippen molar-refractivity contribution >= 4 is 17.5 Å². The first-order valence-electron chi connectivity index (χ1n) is 10.6.